The average molecular weight is 288 g/mol. The highest BCUT2D eigenvalue weighted by Gasteiger charge is 2.20. The van der Waals surface area contributed by atoms with Crippen molar-refractivity contribution in [2.24, 2.45) is 5.73 Å². The lowest BCUT2D eigenvalue weighted by Gasteiger charge is -2.22. The summed E-state index contributed by atoms with van der Waals surface area (Å²) >= 11 is 0. The first-order valence-electron chi connectivity index (χ1n) is 6.87. The maximum atomic E-state index is 12.7. The first-order chi connectivity index (χ1) is 10.2. The van der Waals surface area contributed by atoms with Crippen molar-refractivity contribution in [2.45, 2.75) is 13.3 Å². The van der Waals surface area contributed by atoms with Crippen LogP contribution in [-0.2, 0) is 0 Å². The molecule has 2 aromatic rings. The summed E-state index contributed by atoms with van der Waals surface area (Å²) in [5.41, 5.74) is 6.96. The summed E-state index contributed by atoms with van der Waals surface area (Å²) in [5, 5.41) is 0. The second-order valence-corrected chi connectivity index (χ2v) is 4.69. The monoisotopic (exact) mass is 288 g/mol. The Balaban J connectivity index is 2.28. The number of nitrogens with two attached hydrogens (primary N) is 1. The minimum atomic E-state index is -0.0835. The molecule has 1 amide bonds. The van der Waals surface area contributed by atoms with E-state index in [1.165, 1.54) is 6.26 Å². The number of amides is 1. The molecule has 0 spiro atoms. The zero-order valence-electron chi connectivity index (χ0n) is 12.3. The van der Waals surface area contributed by atoms with Crippen LogP contribution in [0.2, 0.25) is 0 Å². The molecule has 1 heterocycles. The summed E-state index contributed by atoms with van der Waals surface area (Å²) in [4.78, 5) is 14.4. The van der Waals surface area contributed by atoms with Crippen LogP contribution in [0.5, 0.6) is 5.75 Å². The molecule has 0 saturated heterocycles. The van der Waals surface area contributed by atoms with Crippen molar-refractivity contribution in [3.63, 3.8) is 0 Å². The number of rotatable bonds is 6. The summed E-state index contributed by atoms with van der Waals surface area (Å²) < 4.78 is 10.4. The molecule has 0 unspecified atom stereocenters. The summed E-state index contributed by atoms with van der Waals surface area (Å²) in [7, 11) is 1.61. The predicted molar refractivity (Wildman–Crippen MR) is 81.8 cm³/mol. The van der Waals surface area contributed by atoms with Gasteiger partial charge in [-0.1, -0.05) is 0 Å². The SMILES string of the molecule is COc1ccc(N(CCCN)C(=O)c2ccoc2C)cc1. The van der Waals surface area contributed by atoms with E-state index in [1.54, 1.807) is 25.0 Å². The molecule has 1 aromatic heterocycles. The van der Waals surface area contributed by atoms with Gasteiger partial charge in [-0.3, -0.25) is 4.79 Å². The molecule has 0 saturated carbocycles. The van der Waals surface area contributed by atoms with Gasteiger partial charge in [-0.2, -0.15) is 0 Å². The fourth-order valence-electron chi connectivity index (χ4n) is 2.11. The molecule has 112 valence electrons. The first-order valence-corrected chi connectivity index (χ1v) is 6.87. The Kier molecular flexibility index (Phi) is 5.00. The van der Waals surface area contributed by atoms with E-state index in [9.17, 15) is 4.79 Å². The Morgan fingerprint density at radius 2 is 2.00 bits per heavy atom. The lowest BCUT2D eigenvalue weighted by molar-refractivity contribution is 0.0985. The molecule has 1 aromatic carbocycles. The van der Waals surface area contributed by atoms with E-state index in [1.807, 2.05) is 24.3 Å². The van der Waals surface area contributed by atoms with Crippen molar-refractivity contribution in [1.29, 1.82) is 0 Å². The van der Waals surface area contributed by atoms with Gasteiger partial charge in [0.05, 0.1) is 18.9 Å². The largest absolute Gasteiger partial charge is 0.497 e. The van der Waals surface area contributed by atoms with E-state index < -0.39 is 0 Å². The van der Waals surface area contributed by atoms with Crippen LogP contribution in [0.15, 0.2) is 41.0 Å². The second-order valence-electron chi connectivity index (χ2n) is 4.69. The maximum Gasteiger partial charge on any atom is 0.261 e. The Morgan fingerprint density at radius 3 is 2.52 bits per heavy atom. The highest BCUT2D eigenvalue weighted by Crippen LogP contribution is 2.22. The van der Waals surface area contributed by atoms with Gasteiger partial charge in [0.1, 0.15) is 11.5 Å². The van der Waals surface area contributed by atoms with Gasteiger partial charge in [0, 0.05) is 12.2 Å². The van der Waals surface area contributed by atoms with Gasteiger partial charge < -0.3 is 19.8 Å². The number of furan rings is 1. The van der Waals surface area contributed by atoms with Gasteiger partial charge >= 0.3 is 0 Å². The van der Waals surface area contributed by atoms with Gasteiger partial charge in [0.25, 0.3) is 5.91 Å². The molecule has 0 radical (unpaired) electrons. The van der Waals surface area contributed by atoms with Crippen LogP contribution in [0.3, 0.4) is 0 Å². The lowest BCUT2D eigenvalue weighted by Crippen LogP contribution is -2.33. The smallest absolute Gasteiger partial charge is 0.261 e. The molecule has 2 rings (SSSR count). The number of nitrogens with zero attached hydrogens (tertiary/aromatic N) is 1. The van der Waals surface area contributed by atoms with Crippen LogP contribution < -0.4 is 15.4 Å². The molecular formula is C16H20N2O3. The number of ether oxygens (including phenoxy) is 1. The van der Waals surface area contributed by atoms with Crippen molar-refractivity contribution in [1.82, 2.24) is 0 Å². The summed E-state index contributed by atoms with van der Waals surface area (Å²) in [6.45, 7) is 2.87. The molecular weight excluding hydrogens is 268 g/mol. The van der Waals surface area contributed by atoms with E-state index in [0.717, 1.165) is 17.9 Å². The van der Waals surface area contributed by atoms with E-state index >= 15 is 0 Å². The van der Waals surface area contributed by atoms with Crippen LogP contribution in [0.25, 0.3) is 0 Å². The fraction of sp³-hybridized carbons (Fsp3) is 0.312. The molecule has 0 fully saturated rings. The molecule has 21 heavy (non-hydrogen) atoms. The zero-order chi connectivity index (χ0) is 15.2. The Bertz CT molecular complexity index is 590. The standard InChI is InChI=1S/C16H20N2O3/c1-12-15(8-11-21-12)16(19)18(10-3-9-17)13-4-6-14(20-2)7-5-13/h4-8,11H,3,9-10,17H2,1-2H3. The van der Waals surface area contributed by atoms with Crippen LogP contribution in [0.4, 0.5) is 5.69 Å². The van der Waals surface area contributed by atoms with E-state index in [4.69, 9.17) is 14.9 Å². The molecule has 0 aliphatic carbocycles. The highest BCUT2D eigenvalue weighted by molar-refractivity contribution is 6.06. The number of carbonyl (C=O) groups excluding carboxylic acids is 1. The number of aryl methyl sites for hydroxylation is 1. The summed E-state index contributed by atoms with van der Waals surface area (Å²) in [5.74, 6) is 1.29. The number of hydrogen-bond donors (Lipinski definition) is 1. The second kappa shape index (κ2) is 6.95. The predicted octanol–water partition coefficient (Wildman–Crippen LogP) is 2.59. The summed E-state index contributed by atoms with van der Waals surface area (Å²) in [6, 6.07) is 9.09. The van der Waals surface area contributed by atoms with Gasteiger partial charge in [0.15, 0.2) is 0 Å². The quantitative estimate of drug-likeness (QED) is 0.887. The third-order valence-corrected chi connectivity index (χ3v) is 3.30. The Labute approximate surface area is 124 Å². The van der Waals surface area contributed by atoms with Crippen molar-refractivity contribution in [2.75, 3.05) is 25.1 Å². The normalized spacial score (nSPS) is 10.4. The van der Waals surface area contributed by atoms with Crippen LogP contribution in [-0.4, -0.2) is 26.1 Å². The molecule has 5 nitrogen and oxygen atoms in total. The Morgan fingerprint density at radius 1 is 1.29 bits per heavy atom. The third-order valence-electron chi connectivity index (χ3n) is 3.30. The van der Waals surface area contributed by atoms with Crippen LogP contribution in [0, 0.1) is 6.92 Å². The number of anilines is 1. The molecule has 0 aliphatic rings. The average Bonchev–Trinajstić information content (AvgIpc) is 2.94. The minimum absolute atomic E-state index is 0.0835. The van der Waals surface area contributed by atoms with Crippen molar-refractivity contribution >= 4 is 11.6 Å². The lowest BCUT2D eigenvalue weighted by atomic mass is 10.2. The van der Waals surface area contributed by atoms with Crippen LogP contribution >= 0.6 is 0 Å². The highest BCUT2D eigenvalue weighted by atomic mass is 16.5. The van der Waals surface area contributed by atoms with Gasteiger partial charge in [-0.15, -0.1) is 0 Å². The molecule has 0 bridgehead atoms. The number of hydrogen-bond acceptors (Lipinski definition) is 4. The molecule has 0 aliphatic heterocycles. The molecule has 0 atom stereocenters. The molecule has 2 N–H and O–H groups in total. The number of methoxy groups -OCH3 is 1. The van der Waals surface area contributed by atoms with E-state index in [-0.39, 0.29) is 5.91 Å². The van der Waals surface area contributed by atoms with E-state index in [2.05, 4.69) is 0 Å². The van der Waals surface area contributed by atoms with Crippen molar-refractivity contribution < 1.29 is 13.9 Å². The van der Waals surface area contributed by atoms with Gasteiger partial charge in [0.2, 0.25) is 0 Å². The third kappa shape index (κ3) is 3.44. The van der Waals surface area contributed by atoms with Crippen LogP contribution in [0.1, 0.15) is 22.5 Å². The van der Waals surface area contributed by atoms with Crippen molar-refractivity contribution in [3.8, 4) is 5.75 Å². The minimum Gasteiger partial charge on any atom is -0.497 e. The van der Waals surface area contributed by atoms with Crippen molar-refractivity contribution in [3.05, 3.63) is 47.9 Å². The van der Waals surface area contributed by atoms with Gasteiger partial charge in [-0.25, -0.2) is 0 Å². The zero-order valence-corrected chi connectivity index (χ0v) is 12.3. The molecule has 5 heteroatoms. The Hall–Kier alpha value is -2.27. The first kappa shape index (κ1) is 15.1. The maximum absolute atomic E-state index is 12.7. The topological polar surface area (TPSA) is 68.7 Å². The summed E-state index contributed by atoms with van der Waals surface area (Å²) in [6.07, 6.45) is 2.26. The fourth-order valence-corrected chi connectivity index (χ4v) is 2.11. The van der Waals surface area contributed by atoms with E-state index in [0.29, 0.717) is 24.4 Å². The number of benzene rings is 1. The number of carbonyl (C=O) groups is 1. The van der Waals surface area contributed by atoms with Gasteiger partial charge in [-0.05, 0) is 50.2 Å².